The predicted molar refractivity (Wildman–Crippen MR) is 50.4 cm³/mol. The number of benzene rings is 1. The molecule has 0 spiro atoms. The van der Waals surface area contributed by atoms with E-state index in [1.807, 2.05) is 0 Å². The highest BCUT2D eigenvalue weighted by molar-refractivity contribution is 6.19. The first-order valence-corrected chi connectivity index (χ1v) is 4.44. The van der Waals surface area contributed by atoms with Crippen molar-refractivity contribution in [3.8, 4) is 11.5 Å². The highest BCUT2D eigenvalue weighted by Gasteiger charge is 2.41. The van der Waals surface area contributed by atoms with Gasteiger partial charge in [-0.05, 0) is 6.07 Å². The number of carbonyl (C=O) groups is 2. The zero-order valence-electron chi connectivity index (χ0n) is 7.91. The van der Waals surface area contributed by atoms with E-state index in [0.29, 0.717) is 0 Å². The summed E-state index contributed by atoms with van der Waals surface area (Å²) in [7, 11) is 0. The number of rotatable bonds is 0. The summed E-state index contributed by atoms with van der Waals surface area (Å²) >= 11 is 0. The Morgan fingerprint density at radius 2 is 1.50 bits per heavy atom. The van der Waals surface area contributed by atoms with Crippen molar-refractivity contribution in [3.05, 3.63) is 23.3 Å². The monoisotopic (exact) mass is 224 g/mol. The maximum Gasteiger partial charge on any atom is 0.198 e. The SMILES string of the molecule is O=C1c2cc(O)cc(O)c2C(=O)C(O)C1O. The predicted octanol–water partition coefficient (Wildman–Crippen LogP) is -0.801. The zero-order chi connectivity index (χ0) is 12.0. The lowest BCUT2D eigenvalue weighted by Crippen LogP contribution is -2.44. The number of aromatic hydroxyl groups is 2. The van der Waals surface area contributed by atoms with Crippen molar-refractivity contribution in [2.75, 3.05) is 0 Å². The highest BCUT2D eigenvalue weighted by Crippen LogP contribution is 2.32. The fourth-order valence-corrected chi connectivity index (χ4v) is 1.66. The van der Waals surface area contributed by atoms with Crippen LogP contribution in [0.4, 0.5) is 0 Å². The molecule has 16 heavy (non-hydrogen) atoms. The Bertz CT molecular complexity index is 492. The summed E-state index contributed by atoms with van der Waals surface area (Å²) in [5, 5.41) is 37.1. The van der Waals surface area contributed by atoms with E-state index >= 15 is 0 Å². The number of aliphatic hydroxyl groups is 2. The van der Waals surface area contributed by atoms with Gasteiger partial charge in [0.1, 0.15) is 11.5 Å². The first-order valence-electron chi connectivity index (χ1n) is 4.44. The molecule has 0 saturated carbocycles. The summed E-state index contributed by atoms with van der Waals surface area (Å²) in [6.45, 7) is 0. The van der Waals surface area contributed by atoms with Crippen molar-refractivity contribution in [2.24, 2.45) is 0 Å². The van der Waals surface area contributed by atoms with Gasteiger partial charge in [0, 0.05) is 11.6 Å². The van der Waals surface area contributed by atoms with Gasteiger partial charge < -0.3 is 20.4 Å². The van der Waals surface area contributed by atoms with Gasteiger partial charge in [-0.1, -0.05) is 0 Å². The minimum Gasteiger partial charge on any atom is -0.508 e. The van der Waals surface area contributed by atoms with Crippen LogP contribution in [0.3, 0.4) is 0 Å². The lowest BCUT2D eigenvalue weighted by molar-refractivity contribution is 0.0181. The molecule has 0 bridgehead atoms. The van der Waals surface area contributed by atoms with Gasteiger partial charge in [-0.2, -0.15) is 0 Å². The van der Waals surface area contributed by atoms with Crippen LogP contribution in [0.5, 0.6) is 11.5 Å². The molecule has 0 heterocycles. The Morgan fingerprint density at radius 3 is 2.12 bits per heavy atom. The molecule has 2 atom stereocenters. The van der Waals surface area contributed by atoms with E-state index in [-0.39, 0.29) is 11.1 Å². The van der Waals surface area contributed by atoms with Crippen molar-refractivity contribution in [3.63, 3.8) is 0 Å². The molecule has 1 aliphatic carbocycles. The first-order chi connectivity index (χ1) is 7.43. The maximum atomic E-state index is 11.5. The second kappa shape index (κ2) is 3.29. The number of Topliss-reactive ketones (excluding diaryl/α,β-unsaturated/α-hetero) is 2. The Labute approximate surface area is 89.4 Å². The van der Waals surface area contributed by atoms with E-state index in [2.05, 4.69) is 0 Å². The van der Waals surface area contributed by atoms with Crippen LogP contribution in [0.1, 0.15) is 20.7 Å². The fourth-order valence-electron chi connectivity index (χ4n) is 1.66. The smallest absolute Gasteiger partial charge is 0.198 e. The summed E-state index contributed by atoms with van der Waals surface area (Å²) in [6.07, 6.45) is -3.74. The third-order valence-electron chi connectivity index (χ3n) is 2.45. The zero-order valence-corrected chi connectivity index (χ0v) is 7.91. The molecule has 6 heteroatoms. The van der Waals surface area contributed by atoms with Crippen LogP contribution in [0, 0.1) is 0 Å². The molecule has 0 saturated heterocycles. The molecule has 0 aromatic heterocycles. The lowest BCUT2D eigenvalue weighted by Gasteiger charge is -2.23. The quantitative estimate of drug-likeness (QED) is 0.458. The van der Waals surface area contributed by atoms with E-state index in [1.54, 1.807) is 0 Å². The number of hydrogen-bond donors (Lipinski definition) is 4. The summed E-state index contributed by atoms with van der Waals surface area (Å²) < 4.78 is 0. The molecule has 2 rings (SSSR count). The summed E-state index contributed by atoms with van der Waals surface area (Å²) in [5.74, 6) is -2.85. The van der Waals surface area contributed by atoms with Crippen LogP contribution in [0.15, 0.2) is 12.1 Å². The molecule has 0 aliphatic heterocycles. The molecule has 0 amide bonds. The number of carbonyl (C=O) groups excluding carboxylic acids is 2. The van der Waals surface area contributed by atoms with Gasteiger partial charge in [-0.3, -0.25) is 9.59 Å². The molecule has 0 fully saturated rings. The molecule has 84 valence electrons. The highest BCUT2D eigenvalue weighted by atomic mass is 16.3. The summed E-state index contributed by atoms with van der Waals surface area (Å²) in [4.78, 5) is 23.0. The number of ketones is 2. The van der Waals surface area contributed by atoms with Gasteiger partial charge in [-0.25, -0.2) is 0 Å². The molecular weight excluding hydrogens is 216 g/mol. The van der Waals surface area contributed by atoms with Gasteiger partial charge in [0.2, 0.25) is 0 Å². The Hall–Kier alpha value is -1.92. The van der Waals surface area contributed by atoms with Gasteiger partial charge >= 0.3 is 0 Å². The minimum absolute atomic E-state index is 0.291. The van der Waals surface area contributed by atoms with Crippen molar-refractivity contribution in [1.29, 1.82) is 0 Å². The number of phenols is 2. The topological polar surface area (TPSA) is 115 Å². The molecule has 2 unspecified atom stereocenters. The van der Waals surface area contributed by atoms with Crippen LogP contribution in [-0.4, -0.2) is 44.2 Å². The van der Waals surface area contributed by atoms with E-state index in [9.17, 15) is 24.9 Å². The van der Waals surface area contributed by atoms with Crippen molar-refractivity contribution in [2.45, 2.75) is 12.2 Å². The van der Waals surface area contributed by atoms with Crippen LogP contribution < -0.4 is 0 Å². The van der Waals surface area contributed by atoms with Crippen molar-refractivity contribution >= 4 is 11.6 Å². The molecule has 4 N–H and O–H groups in total. The molecular formula is C10H8O6. The lowest BCUT2D eigenvalue weighted by atomic mass is 9.85. The standard InChI is InChI=1S/C10H8O6/c11-3-1-4-6(5(12)2-3)8(14)10(16)9(15)7(4)13/h1-2,9-12,15-16H. The molecule has 6 nitrogen and oxygen atoms in total. The molecule has 1 aliphatic rings. The van der Waals surface area contributed by atoms with Gasteiger partial charge in [0.05, 0.1) is 5.56 Å². The molecule has 1 aromatic carbocycles. The van der Waals surface area contributed by atoms with Crippen LogP contribution >= 0.6 is 0 Å². The van der Waals surface area contributed by atoms with Gasteiger partial charge in [0.15, 0.2) is 23.8 Å². The first kappa shape index (κ1) is 10.6. The Balaban J connectivity index is 2.73. The number of fused-ring (bicyclic) bond motifs is 1. The van der Waals surface area contributed by atoms with Gasteiger partial charge in [0.25, 0.3) is 0 Å². The van der Waals surface area contributed by atoms with E-state index < -0.39 is 35.3 Å². The van der Waals surface area contributed by atoms with E-state index in [4.69, 9.17) is 5.11 Å². The van der Waals surface area contributed by atoms with E-state index in [1.165, 1.54) is 0 Å². The average molecular weight is 224 g/mol. The largest absolute Gasteiger partial charge is 0.508 e. The molecule has 1 aromatic rings. The van der Waals surface area contributed by atoms with Gasteiger partial charge in [-0.15, -0.1) is 0 Å². The second-order valence-electron chi connectivity index (χ2n) is 3.51. The summed E-state index contributed by atoms with van der Waals surface area (Å²) in [5.41, 5.74) is -0.666. The normalized spacial score (nSPS) is 24.4. The van der Waals surface area contributed by atoms with E-state index in [0.717, 1.165) is 12.1 Å². The van der Waals surface area contributed by atoms with Crippen molar-refractivity contribution < 1.29 is 30.0 Å². The third kappa shape index (κ3) is 1.28. The Morgan fingerprint density at radius 1 is 0.938 bits per heavy atom. The Kier molecular flexibility index (Phi) is 2.18. The number of aliphatic hydroxyl groups excluding tert-OH is 2. The average Bonchev–Trinajstić information content (AvgIpc) is 2.22. The van der Waals surface area contributed by atoms with Crippen LogP contribution in [0.25, 0.3) is 0 Å². The molecule has 0 radical (unpaired) electrons. The number of phenolic OH excluding ortho intramolecular Hbond substituents is 2. The van der Waals surface area contributed by atoms with Crippen LogP contribution in [-0.2, 0) is 0 Å². The minimum atomic E-state index is -1.88. The second-order valence-corrected chi connectivity index (χ2v) is 3.51. The maximum absolute atomic E-state index is 11.5. The number of hydrogen-bond acceptors (Lipinski definition) is 6. The van der Waals surface area contributed by atoms with Crippen molar-refractivity contribution in [1.82, 2.24) is 0 Å². The van der Waals surface area contributed by atoms with Crippen LogP contribution in [0.2, 0.25) is 0 Å². The third-order valence-corrected chi connectivity index (χ3v) is 2.45. The summed E-state index contributed by atoms with van der Waals surface area (Å²) in [6, 6.07) is 1.85. The fraction of sp³-hybridized carbons (Fsp3) is 0.200.